The fourth-order valence-corrected chi connectivity index (χ4v) is 2.49. The van der Waals surface area contributed by atoms with E-state index < -0.39 is 0 Å². The molecule has 0 saturated carbocycles. The summed E-state index contributed by atoms with van der Waals surface area (Å²) in [6.07, 6.45) is 2.06. The number of benzene rings is 1. The molecule has 0 heterocycles. The zero-order valence-electron chi connectivity index (χ0n) is 12.2. The maximum Gasteiger partial charge on any atom is 0.269 e. The van der Waals surface area contributed by atoms with Crippen LogP contribution in [0.15, 0.2) is 24.3 Å². The molecule has 0 bridgehead atoms. The van der Waals surface area contributed by atoms with Crippen LogP contribution in [0.2, 0.25) is 0 Å². The van der Waals surface area contributed by atoms with Crippen LogP contribution >= 0.6 is 0 Å². The molecule has 0 amide bonds. The van der Waals surface area contributed by atoms with E-state index in [9.17, 15) is 10.1 Å². The maximum atomic E-state index is 10.6. The number of nitro benzene ring substituents is 1. The lowest BCUT2D eigenvalue weighted by Crippen LogP contribution is -2.33. The summed E-state index contributed by atoms with van der Waals surface area (Å²) in [6.45, 7) is 6.70. The second-order valence-electron chi connectivity index (χ2n) is 5.45. The van der Waals surface area contributed by atoms with Gasteiger partial charge in [-0.15, -0.1) is 0 Å². The van der Waals surface area contributed by atoms with Crippen LogP contribution in [0.25, 0.3) is 0 Å². The Morgan fingerprint density at radius 2 is 1.79 bits per heavy atom. The molecule has 4 heteroatoms. The average Bonchev–Trinajstić information content (AvgIpc) is 2.38. The molecule has 1 aromatic carbocycles. The van der Waals surface area contributed by atoms with Crippen molar-refractivity contribution >= 4 is 5.69 Å². The van der Waals surface area contributed by atoms with E-state index >= 15 is 0 Å². The summed E-state index contributed by atoms with van der Waals surface area (Å²) in [5.74, 6) is 1.24. The SMILES string of the molecule is CNC(C)C(CCc1ccc([N+](=O)[O-])cc1)C(C)C. The summed E-state index contributed by atoms with van der Waals surface area (Å²) in [4.78, 5) is 10.2. The third kappa shape index (κ3) is 4.63. The van der Waals surface area contributed by atoms with E-state index in [-0.39, 0.29) is 10.6 Å². The van der Waals surface area contributed by atoms with Crippen LogP contribution < -0.4 is 5.32 Å². The highest BCUT2D eigenvalue weighted by molar-refractivity contribution is 5.32. The van der Waals surface area contributed by atoms with Crippen molar-refractivity contribution in [2.75, 3.05) is 7.05 Å². The van der Waals surface area contributed by atoms with E-state index in [4.69, 9.17) is 0 Å². The van der Waals surface area contributed by atoms with Crippen LogP contribution in [-0.2, 0) is 6.42 Å². The van der Waals surface area contributed by atoms with Crippen molar-refractivity contribution in [1.82, 2.24) is 5.32 Å². The number of nitrogens with one attached hydrogen (secondary N) is 1. The van der Waals surface area contributed by atoms with Crippen LogP contribution in [0.1, 0.15) is 32.8 Å². The fraction of sp³-hybridized carbons (Fsp3) is 0.600. The molecule has 0 aliphatic rings. The molecule has 1 aromatic rings. The molecular weight excluding hydrogens is 240 g/mol. The first-order chi connectivity index (χ1) is 8.95. The summed E-state index contributed by atoms with van der Waals surface area (Å²) in [6, 6.07) is 7.37. The first kappa shape index (κ1) is 15.6. The lowest BCUT2D eigenvalue weighted by Gasteiger charge is -2.27. The molecule has 2 atom stereocenters. The van der Waals surface area contributed by atoms with E-state index in [0.29, 0.717) is 17.9 Å². The van der Waals surface area contributed by atoms with Crippen molar-refractivity contribution < 1.29 is 4.92 Å². The van der Waals surface area contributed by atoms with Gasteiger partial charge < -0.3 is 5.32 Å². The van der Waals surface area contributed by atoms with Crippen LogP contribution in [0.4, 0.5) is 5.69 Å². The van der Waals surface area contributed by atoms with Gasteiger partial charge in [0, 0.05) is 18.2 Å². The van der Waals surface area contributed by atoms with Crippen LogP contribution in [-0.4, -0.2) is 18.0 Å². The summed E-state index contributed by atoms with van der Waals surface area (Å²) >= 11 is 0. The Hall–Kier alpha value is -1.42. The first-order valence-electron chi connectivity index (χ1n) is 6.86. The Bertz CT molecular complexity index is 401. The molecule has 19 heavy (non-hydrogen) atoms. The van der Waals surface area contributed by atoms with E-state index in [1.54, 1.807) is 12.1 Å². The van der Waals surface area contributed by atoms with Gasteiger partial charge >= 0.3 is 0 Å². The Morgan fingerprint density at radius 3 is 2.21 bits per heavy atom. The summed E-state index contributed by atoms with van der Waals surface area (Å²) < 4.78 is 0. The Morgan fingerprint density at radius 1 is 1.21 bits per heavy atom. The smallest absolute Gasteiger partial charge is 0.269 e. The van der Waals surface area contributed by atoms with Crippen molar-refractivity contribution in [3.63, 3.8) is 0 Å². The molecule has 1 rings (SSSR count). The first-order valence-corrected chi connectivity index (χ1v) is 6.86. The number of aryl methyl sites for hydroxylation is 1. The molecule has 0 fully saturated rings. The predicted octanol–water partition coefficient (Wildman–Crippen LogP) is 3.41. The maximum absolute atomic E-state index is 10.6. The van der Waals surface area contributed by atoms with E-state index in [1.165, 1.54) is 5.56 Å². The second-order valence-corrected chi connectivity index (χ2v) is 5.45. The number of nitro groups is 1. The number of hydrogen-bond acceptors (Lipinski definition) is 3. The van der Waals surface area contributed by atoms with Crippen LogP contribution in [0, 0.1) is 22.0 Å². The summed E-state index contributed by atoms with van der Waals surface area (Å²) in [7, 11) is 1.99. The largest absolute Gasteiger partial charge is 0.317 e. The van der Waals surface area contributed by atoms with Gasteiger partial charge in [-0.2, -0.15) is 0 Å². The zero-order valence-corrected chi connectivity index (χ0v) is 12.2. The highest BCUT2D eigenvalue weighted by atomic mass is 16.6. The van der Waals surface area contributed by atoms with Crippen LogP contribution in [0.3, 0.4) is 0 Å². The average molecular weight is 264 g/mol. The second kappa shape index (κ2) is 7.24. The molecule has 0 saturated heterocycles. The van der Waals surface area contributed by atoms with Gasteiger partial charge in [0.2, 0.25) is 0 Å². The van der Waals surface area contributed by atoms with Gasteiger partial charge in [0.25, 0.3) is 5.69 Å². The van der Waals surface area contributed by atoms with E-state index in [0.717, 1.165) is 12.8 Å². The Labute approximate surface area is 115 Å². The minimum atomic E-state index is -0.357. The monoisotopic (exact) mass is 264 g/mol. The summed E-state index contributed by atoms with van der Waals surface area (Å²) in [5.41, 5.74) is 1.33. The lowest BCUT2D eigenvalue weighted by atomic mass is 9.84. The van der Waals surface area contributed by atoms with Crippen molar-refractivity contribution in [2.45, 2.75) is 39.7 Å². The third-order valence-electron chi connectivity index (χ3n) is 3.87. The molecule has 0 aliphatic heterocycles. The Kier molecular flexibility index (Phi) is 5.96. The van der Waals surface area contributed by atoms with Gasteiger partial charge in [0.1, 0.15) is 0 Å². The topological polar surface area (TPSA) is 55.2 Å². The minimum absolute atomic E-state index is 0.160. The normalized spacial score (nSPS) is 14.4. The van der Waals surface area contributed by atoms with Gasteiger partial charge in [0.15, 0.2) is 0 Å². The number of hydrogen-bond donors (Lipinski definition) is 1. The number of rotatable bonds is 7. The van der Waals surface area contributed by atoms with Crippen LogP contribution in [0.5, 0.6) is 0 Å². The zero-order chi connectivity index (χ0) is 14.4. The van der Waals surface area contributed by atoms with Crippen molar-refractivity contribution in [3.8, 4) is 0 Å². The molecule has 106 valence electrons. The van der Waals surface area contributed by atoms with Gasteiger partial charge in [-0.25, -0.2) is 0 Å². The molecule has 1 N–H and O–H groups in total. The minimum Gasteiger partial charge on any atom is -0.317 e. The van der Waals surface area contributed by atoms with Gasteiger partial charge in [-0.1, -0.05) is 26.0 Å². The van der Waals surface area contributed by atoms with Crippen molar-refractivity contribution in [3.05, 3.63) is 39.9 Å². The lowest BCUT2D eigenvalue weighted by molar-refractivity contribution is -0.384. The molecule has 0 radical (unpaired) electrons. The van der Waals surface area contributed by atoms with Gasteiger partial charge in [-0.05, 0) is 44.2 Å². The number of non-ortho nitro benzene ring substituents is 1. The molecule has 0 aromatic heterocycles. The summed E-state index contributed by atoms with van der Waals surface area (Å²) in [5, 5.41) is 13.9. The Balaban J connectivity index is 2.61. The third-order valence-corrected chi connectivity index (χ3v) is 3.87. The standard InChI is InChI=1S/C15H24N2O2/c1-11(2)15(12(3)16-4)10-7-13-5-8-14(9-6-13)17(18)19/h5-6,8-9,11-12,15-16H,7,10H2,1-4H3. The van der Waals surface area contributed by atoms with Crippen molar-refractivity contribution in [2.24, 2.45) is 11.8 Å². The fourth-order valence-electron chi connectivity index (χ4n) is 2.49. The molecule has 0 aliphatic carbocycles. The molecule has 2 unspecified atom stereocenters. The molecule has 4 nitrogen and oxygen atoms in total. The highest BCUT2D eigenvalue weighted by Gasteiger charge is 2.19. The molecular formula is C15H24N2O2. The quantitative estimate of drug-likeness (QED) is 0.606. The van der Waals surface area contributed by atoms with Crippen molar-refractivity contribution in [1.29, 1.82) is 0 Å². The van der Waals surface area contributed by atoms with E-state index in [2.05, 4.69) is 26.1 Å². The predicted molar refractivity (Wildman–Crippen MR) is 78.3 cm³/mol. The molecule has 0 spiro atoms. The highest BCUT2D eigenvalue weighted by Crippen LogP contribution is 2.22. The van der Waals surface area contributed by atoms with Gasteiger partial charge in [-0.3, -0.25) is 10.1 Å². The van der Waals surface area contributed by atoms with Gasteiger partial charge in [0.05, 0.1) is 4.92 Å². The number of nitrogens with zero attached hydrogens (tertiary/aromatic N) is 1. The van der Waals surface area contributed by atoms with E-state index in [1.807, 2.05) is 19.2 Å².